The van der Waals surface area contributed by atoms with Crippen LogP contribution >= 0.6 is 11.3 Å². The summed E-state index contributed by atoms with van der Waals surface area (Å²) in [5.41, 5.74) is 0. The number of furan rings is 1. The number of carbonyl (C=O) groups is 2. The Balaban J connectivity index is 1.66. The molecule has 24 heavy (non-hydrogen) atoms. The topological polar surface area (TPSA) is 62.6 Å². The average molecular weight is 346 g/mol. The maximum absolute atomic E-state index is 12.6. The van der Waals surface area contributed by atoms with Crippen LogP contribution in [0.3, 0.4) is 0 Å². The van der Waals surface area contributed by atoms with E-state index in [1.165, 1.54) is 11.3 Å². The van der Waals surface area contributed by atoms with E-state index in [0.717, 1.165) is 24.4 Å². The van der Waals surface area contributed by atoms with Crippen molar-refractivity contribution in [2.45, 2.75) is 32.7 Å². The minimum atomic E-state index is -0.200. The Hall–Kier alpha value is -2.08. The van der Waals surface area contributed by atoms with Gasteiger partial charge >= 0.3 is 0 Å². The van der Waals surface area contributed by atoms with Gasteiger partial charge in [0, 0.05) is 6.54 Å². The van der Waals surface area contributed by atoms with Gasteiger partial charge in [0.25, 0.3) is 5.91 Å². The molecule has 1 saturated heterocycles. The van der Waals surface area contributed by atoms with Crippen molar-refractivity contribution < 1.29 is 14.0 Å². The van der Waals surface area contributed by atoms with Gasteiger partial charge in [-0.05, 0) is 49.3 Å². The van der Waals surface area contributed by atoms with Gasteiger partial charge in [0.05, 0.1) is 17.5 Å². The smallest absolute Gasteiger partial charge is 0.261 e. The molecule has 3 rings (SSSR count). The van der Waals surface area contributed by atoms with E-state index in [-0.39, 0.29) is 24.4 Å². The van der Waals surface area contributed by atoms with Crippen molar-refractivity contribution in [3.63, 3.8) is 0 Å². The van der Waals surface area contributed by atoms with Crippen molar-refractivity contribution in [3.05, 3.63) is 46.0 Å². The van der Waals surface area contributed by atoms with Crippen LogP contribution in [-0.2, 0) is 4.79 Å². The van der Waals surface area contributed by atoms with Crippen molar-refractivity contribution in [1.29, 1.82) is 0 Å². The quantitative estimate of drug-likeness (QED) is 0.923. The SMILES string of the molecule is Cc1ccc([C@H]2C[C@H](C)CCN2C(=O)CNC(=O)c2cccs2)o1. The molecule has 6 heteroatoms. The Morgan fingerprint density at radius 3 is 2.88 bits per heavy atom. The van der Waals surface area contributed by atoms with Gasteiger partial charge in [0.2, 0.25) is 5.91 Å². The number of rotatable bonds is 4. The third-order valence-electron chi connectivity index (χ3n) is 4.42. The van der Waals surface area contributed by atoms with Crippen LogP contribution in [0.15, 0.2) is 34.1 Å². The highest BCUT2D eigenvalue weighted by Crippen LogP contribution is 2.34. The van der Waals surface area contributed by atoms with Crippen molar-refractivity contribution in [3.8, 4) is 0 Å². The van der Waals surface area contributed by atoms with Crippen LogP contribution in [0.2, 0.25) is 0 Å². The first kappa shape index (κ1) is 16.8. The minimum Gasteiger partial charge on any atom is -0.464 e. The lowest BCUT2D eigenvalue weighted by Crippen LogP contribution is -2.45. The summed E-state index contributed by atoms with van der Waals surface area (Å²) in [6, 6.07) is 7.40. The summed E-state index contributed by atoms with van der Waals surface area (Å²) in [6.45, 7) is 4.81. The van der Waals surface area contributed by atoms with Crippen molar-refractivity contribution >= 4 is 23.2 Å². The molecule has 128 valence electrons. The van der Waals surface area contributed by atoms with Crippen LogP contribution in [0.1, 0.15) is 47.0 Å². The van der Waals surface area contributed by atoms with Crippen molar-refractivity contribution in [2.24, 2.45) is 5.92 Å². The molecule has 1 aliphatic rings. The van der Waals surface area contributed by atoms with Crippen LogP contribution in [0.4, 0.5) is 0 Å². The predicted octanol–water partition coefficient (Wildman–Crippen LogP) is 3.38. The molecule has 2 amide bonds. The van der Waals surface area contributed by atoms with Crippen molar-refractivity contribution in [1.82, 2.24) is 10.2 Å². The first-order valence-electron chi connectivity index (χ1n) is 8.22. The Morgan fingerprint density at radius 1 is 1.38 bits per heavy atom. The van der Waals surface area contributed by atoms with Crippen LogP contribution in [0.5, 0.6) is 0 Å². The van der Waals surface area contributed by atoms with Gasteiger partial charge in [-0.3, -0.25) is 9.59 Å². The molecule has 2 aromatic rings. The highest BCUT2D eigenvalue weighted by atomic mass is 32.1. The Labute approximate surface area is 145 Å². The molecule has 3 heterocycles. The van der Waals surface area contributed by atoms with Gasteiger partial charge in [-0.2, -0.15) is 0 Å². The number of carbonyl (C=O) groups excluding carboxylic acids is 2. The third-order valence-corrected chi connectivity index (χ3v) is 5.29. The zero-order valence-corrected chi connectivity index (χ0v) is 14.8. The number of aryl methyl sites for hydroxylation is 1. The van der Waals surface area contributed by atoms with Gasteiger partial charge in [0.1, 0.15) is 11.5 Å². The van der Waals surface area contributed by atoms with E-state index in [1.54, 1.807) is 6.07 Å². The summed E-state index contributed by atoms with van der Waals surface area (Å²) >= 11 is 1.37. The number of hydrogen-bond acceptors (Lipinski definition) is 4. The van der Waals surface area contributed by atoms with Gasteiger partial charge in [-0.25, -0.2) is 0 Å². The van der Waals surface area contributed by atoms with E-state index in [9.17, 15) is 9.59 Å². The molecule has 1 N–H and O–H groups in total. The van der Waals surface area contributed by atoms with Crippen LogP contribution in [-0.4, -0.2) is 29.8 Å². The maximum Gasteiger partial charge on any atom is 0.261 e. The number of amides is 2. The number of hydrogen-bond donors (Lipinski definition) is 1. The summed E-state index contributed by atoms with van der Waals surface area (Å²) in [5.74, 6) is 1.96. The number of nitrogens with one attached hydrogen (secondary N) is 1. The fourth-order valence-electron chi connectivity index (χ4n) is 3.09. The number of piperidine rings is 1. The first-order chi connectivity index (χ1) is 11.5. The number of thiophene rings is 1. The molecule has 1 fully saturated rings. The van der Waals surface area contributed by atoms with Gasteiger partial charge in [0.15, 0.2) is 0 Å². The highest BCUT2D eigenvalue weighted by molar-refractivity contribution is 7.12. The molecule has 0 unspecified atom stereocenters. The molecule has 5 nitrogen and oxygen atoms in total. The molecule has 1 aliphatic heterocycles. The summed E-state index contributed by atoms with van der Waals surface area (Å²) in [6.07, 6.45) is 1.86. The second-order valence-electron chi connectivity index (χ2n) is 6.34. The molecule has 0 bridgehead atoms. The molecule has 2 atom stereocenters. The average Bonchev–Trinajstić information content (AvgIpc) is 3.23. The first-order valence-corrected chi connectivity index (χ1v) is 9.10. The summed E-state index contributed by atoms with van der Waals surface area (Å²) in [5, 5.41) is 4.57. The van der Waals surface area contributed by atoms with Crippen LogP contribution < -0.4 is 5.32 Å². The molecule has 0 saturated carbocycles. The molecule has 0 radical (unpaired) electrons. The van der Waals surface area contributed by atoms with E-state index >= 15 is 0 Å². The fourth-order valence-corrected chi connectivity index (χ4v) is 3.73. The van der Waals surface area contributed by atoms with Crippen LogP contribution in [0.25, 0.3) is 0 Å². The second-order valence-corrected chi connectivity index (χ2v) is 7.29. The molecular formula is C18H22N2O3S. The summed E-state index contributed by atoms with van der Waals surface area (Å²) < 4.78 is 5.76. The normalized spacial score (nSPS) is 20.8. The molecule has 2 aromatic heterocycles. The minimum absolute atomic E-state index is 0.0152. The summed E-state index contributed by atoms with van der Waals surface area (Å²) in [7, 11) is 0. The molecular weight excluding hydrogens is 324 g/mol. The Kier molecular flexibility index (Phi) is 5.04. The van der Waals surface area contributed by atoms with Gasteiger partial charge in [-0.1, -0.05) is 13.0 Å². The summed E-state index contributed by atoms with van der Waals surface area (Å²) in [4.78, 5) is 27.1. The highest BCUT2D eigenvalue weighted by Gasteiger charge is 2.32. The lowest BCUT2D eigenvalue weighted by molar-refractivity contribution is -0.135. The largest absolute Gasteiger partial charge is 0.464 e. The van der Waals surface area contributed by atoms with E-state index in [2.05, 4.69) is 12.2 Å². The zero-order valence-electron chi connectivity index (χ0n) is 14.0. The Morgan fingerprint density at radius 2 is 2.21 bits per heavy atom. The van der Waals surface area contributed by atoms with Gasteiger partial charge < -0.3 is 14.6 Å². The monoisotopic (exact) mass is 346 g/mol. The molecule has 0 aliphatic carbocycles. The number of nitrogens with zero attached hydrogens (tertiary/aromatic N) is 1. The molecule has 0 spiro atoms. The van der Waals surface area contributed by atoms with E-state index in [0.29, 0.717) is 17.3 Å². The Bertz CT molecular complexity index is 708. The molecule has 0 aromatic carbocycles. The fraction of sp³-hybridized carbons (Fsp3) is 0.444. The van der Waals surface area contributed by atoms with Crippen LogP contribution in [0, 0.1) is 12.8 Å². The van der Waals surface area contributed by atoms with Crippen molar-refractivity contribution in [2.75, 3.05) is 13.1 Å². The van der Waals surface area contributed by atoms with Gasteiger partial charge in [-0.15, -0.1) is 11.3 Å². The maximum atomic E-state index is 12.6. The lowest BCUT2D eigenvalue weighted by Gasteiger charge is -2.37. The second kappa shape index (κ2) is 7.21. The lowest BCUT2D eigenvalue weighted by atomic mass is 9.91. The predicted molar refractivity (Wildman–Crippen MR) is 92.9 cm³/mol. The third kappa shape index (κ3) is 3.70. The van der Waals surface area contributed by atoms with E-state index in [4.69, 9.17) is 4.42 Å². The number of likely N-dealkylation sites (tertiary alicyclic amines) is 1. The zero-order chi connectivity index (χ0) is 17.1. The van der Waals surface area contributed by atoms with E-state index < -0.39 is 0 Å². The standard InChI is InChI=1S/C18H22N2O3S/c1-12-7-8-20(14(10-12)15-6-5-13(2)23-15)17(21)11-19-18(22)16-4-3-9-24-16/h3-6,9,12,14H,7-8,10-11H2,1-2H3,(H,19,22)/t12-,14-/m1/s1. The van der Waals surface area contributed by atoms with E-state index in [1.807, 2.05) is 35.4 Å².